The summed E-state index contributed by atoms with van der Waals surface area (Å²) in [6.07, 6.45) is 7.39. The Kier molecular flexibility index (Phi) is 4.34. The number of nitrogens with two attached hydrogens (primary N) is 1. The highest BCUT2D eigenvalue weighted by Gasteiger charge is 2.14. The molecule has 1 aliphatic rings. The third-order valence-electron chi connectivity index (χ3n) is 3.62. The van der Waals surface area contributed by atoms with E-state index in [1.54, 1.807) is 12.1 Å². The lowest BCUT2D eigenvalue weighted by Gasteiger charge is -2.28. The zero-order valence-electron chi connectivity index (χ0n) is 11.4. The molecule has 0 atom stereocenters. The van der Waals surface area contributed by atoms with Crippen LogP contribution in [0.1, 0.15) is 32.1 Å². The molecule has 1 aliphatic heterocycles. The van der Waals surface area contributed by atoms with E-state index in [1.807, 2.05) is 6.07 Å². The van der Waals surface area contributed by atoms with Crippen LogP contribution in [0.15, 0.2) is 23.1 Å². The molecule has 0 bridgehead atoms. The maximum Gasteiger partial charge on any atom is 0.175 e. The predicted octanol–water partition coefficient (Wildman–Crippen LogP) is 2.44. The molecule has 1 aromatic carbocycles. The molecule has 19 heavy (non-hydrogen) atoms. The second kappa shape index (κ2) is 5.82. The van der Waals surface area contributed by atoms with Gasteiger partial charge >= 0.3 is 0 Å². The third-order valence-corrected chi connectivity index (χ3v) is 4.73. The summed E-state index contributed by atoms with van der Waals surface area (Å²) in [5.74, 6) is 0. The van der Waals surface area contributed by atoms with Gasteiger partial charge in [-0.3, -0.25) is 0 Å². The van der Waals surface area contributed by atoms with Crippen LogP contribution in [0.2, 0.25) is 0 Å². The van der Waals surface area contributed by atoms with Crippen molar-refractivity contribution in [2.24, 2.45) is 0 Å². The van der Waals surface area contributed by atoms with Gasteiger partial charge in [-0.2, -0.15) is 0 Å². The van der Waals surface area contributed by atoms with Gasteiger partial charge in [-0.25, -0.2) is 8.42 Å². The lowest BCUT2D eigenvalue weighted by atomic mass is 10.1. The molecular formula is C14H22N2O2S. The Morgan fingerprint density at radius 2 is 1.63 bits per heavy atom. The minimum absolute atomic E-state index is 0.292. The number of hydrogen-bond acceptors (Lipinski definition) is 4. The fraction of sp³-hybridized carbons (Fsp3) is 0.571. The van der Waals surface area contributed by atoms with Crippen LogP contribution in [0.5, 0.6) is 0 Å². The largest absolute Gasteiger partial charge is 0.397 e. The van der Waals surface area contributed by atoms with E-state index >= 15 is 0 Å². The van der Waals surface area contributed by atoms with Crippen molar-refractivity contribution in [1.82, 2.24) is 0 Å². The number of anilines is 2. The molecule has 0 saturated carbocycles. The maximum absolute atomic E-state index is 11.5. The van der Waals surface area contributed by atoms with Crippen molar-refractivity contribution in [2.75, 3.05) is 30.0 Å². The minimum atomic E-state index is -3.18. The Bertz CT molecular complexity index is 532. The van der Waals surface area contributed by atoms with Crippen LogP contribution in [-0.4, -0.2) is 27.8 Å². The van der Waals surface area contributed by atoms with Crippen LogP contribution in [0.4, 0.5) is 11.4 Å². The molecular weight excluding hydrogens is 260 g/mol. The topological polar surface area (TPSA) is 63.4 Å². The SMILES string of the molecule is CS(=O)(=O)c1ccc(N2CCCCCCC2)c(N)c1. The van der Waals surface area contributed by atoms with Gasteiger partial charge in [0.1, 0.15) is 0 Å². The van der Waals surface area contributed by atoms with E-state index < -0.39 is 9.84 Å². The van der Waals surface area contributed by atoms with Crippen molar-refractivity contribution in [1.29, 1.82) is 0 Å². The second-order valence-electron chi connectivity index (χ2n) is 5.25. The van der Waals surface area contributed by atoms with E-state index in [9.17, 15) is 8.42 Å². The van der Waals surface area contributed by atoms with Crippen LogP contribution < -0.4 is 10.6 Å². The second-order valence-corrected chi connectivity index (χ2v) is 7.26. The average molecular weight is 282 g/mol. The first-order valence-electron chi connectivity index (χ1n) is 6.83. The lowest BCUT2D eigenvalue weighted by Crippen LogP contribution is -2.27. The number of nitrogen functional groups attached to an aromatic ring is 1. The molecule has 5 heteroatoms. The van der Waals surface area contributed by atoms with Gasteiger partial charge in [0.2, 0.25) is 0 Å². The van der Waals surface area contributed by atoms with E-state index in [1.165, 1.54) is 38.4 Å². The highest BCUT2D eigenvalue weighted by molar-refractivity contribution is 7.90. The smallest absolute Gasteiger partial charge is 0.175 e. The zero-order valence-corrected chi connectivity index (χ0v) is 12.2. The monoisotopic (exact) mass is 282 g/mol. The van der Waals surface area contributed by atoms with Crippen molar-refractivity contribution in [3.8, 4) is 0 Å². The third kappa shape index (κ3) is 3.62. The summed E-state index contributed by atoms with van der Waals surface area (Å²) in [5, 5.41) is 0. The quantitative estimate of drug-likeness (QED) is 0.846. The standard InChI is InChI=1S/C14H22N2O2S/c1-19(17,18)12-7-8-14(13(15)11-12)16-9-5-3-2-4-6-10-16/h7-8,11H,2-6,9-10,15H2,1H3. The summed E-state index contributed by atoms with van der Waals surface area (Å²) < 4.78 is 23.0. The Morgan fingerprint density at radius 1 is 1.05 bits per heavy atom. The Hall–Kier alpha value is -1.23. The van der Waals surface area contributed by atoms with Crippen LogP contribution in [-0.2, 0) is 9.84 Å². The van der Waals surface area contributed by atoms with Gasteiger partial charge < -0.3 is 10.6 Å². The van der Waals surface area contributed by atoms with Gasteiger partial charge in [0, 0.05) is 19.3 Å². The van der Waals surface area contributed by atoms with Gasteiger partial charge in [-0.05, 0) is 31.0 Å². The Labute approximate surface area is 115 Å². The number of hydrogen-bond donors (Lipinski definition) is 1. The summed E-state index contributed by atoms with van der Waals surface area (Å²) in [4.78, 5) is 2.57. The Balaban J connectivity index is 2.24. The normalized spacial score (nSPS) is 17.8. The molecule has 2 rings (SSSR count). The fourth-order valence-electron chi connectivity index (χ4n) is 2.54. The van der Waals surface area contributed by atoms with Gasteiger partial charge in [0.25, 0.3) is 0 Å². The van der Waals surface area contributed by atoms with Crippen molar-refractivity contribution in [2.45, 2.75) is 37.0 Å². The molecule has 4 nitrogen and oxygen atoms in total. The van der Waals surface area contributed by atoms with Gasteiger partial charge in [-0.15, -0.1) is 0 Å². The average Bonchev–Trinajstić information content (AvgIpc) is 2.28. The van der Waals surface area contributed by atoms with E-state index in [0.29, 0.717) is 10.6 Å². The molecule has 0 radical (unpaired) electrons. The van der Waals surface area contributed by atoms with Crippen LogP contribution in [0, 0.1) is 0 Å². The molecule has 1 saturated heterocycles. The first kappa shape index (κ1) is 14.2. The van der Waals surface area contributed by atoms with Crippen LogP contribution in [0.3, 0.4) is 0 Å². The summed E-state index contributed by atoms with van der Waals surface area (Å²) in [6, 6.07) is 5.07. The number of benzene rings is 1. The summed E-state index contributed by atoms with van der Waals surface area (Å²) in [6.45, 7) is 2.00. The molecule has 0 aromatic heterocycles. The molecule has 0 unspecified atom stereocenters. The van der Waals surface area contributed by atoms with Gasteiger partial charge in [0.15, 0.2) is 9.84 Å². The lowest BCUT2D eigenvalue weighted by molar-refractivity contribution is 0.557. The summed E-state index contributed by atoms with van der Waals surface area (Å²) in [5.41, 5.74) is 7.56. The summed E-state index contributed by atoms with van der Waals surface area (Å²) >= 11 is 0. The van der Waals surface area contributed by atoms with Crippen molar-refractivity contribution in [3.63, 3.8) is 0 Å². The van der Waals surface area contributed by atoms with E-state index in [2.05, 4.69) is 4.90 Å². The van der Waals surface area contributed by atoms with E-state index in [4.69, 9.17) is 5.73 Å². The van der Waals surface area contributed by atoms with Crippen LogP contribution >= 0.6 is 0 Å². The highest BCUT2D eigenvalue weighted by Crippen LogP contribution is 2.28. The zero-order chi connectivity index (χ0) is 13.9. The van der Waals surface area contributed by atoms with Crippen molar-refractivity contribution >= 4 is 21.2 Å². The van der Waals surface area contributed by atoms with Crippen LogP contribution in [0.25, 0.3) is 0 Å². The minimum Gasteiger partial charge on any atom is -0.397 e. The predicted molar refractivity (Wildman–Crippen MR) is 79.3 cm³/mol. The molecule has 1 heterocycles. The molecule has 0 amide bonds. The summed E-state index contributed by atoms with van der Waals surface area (Å²) in [7, 11) is -3.18. The molecule has 1 fully saturated rings. The first-order chi connectivity index (χ1) is 8.98. The maximum atomic E-state index is 11.5. The Morgan fingerprint density at radius 3 is 2.16 bits per heavy atom. The van der Waals surface area contributed by atoms with E-state index in [0.717, 1.165) is 18.8 Å². The molecule has 0 aliphatic carbocycles. The van der Waals surface area contributed by atoms with Crippen molar-refractivity contribution < 1.29 is 8.42 Å². The molecule has 0 spiro atoms. The molecule has 1 aromatic rings. The van der Waals surface area contributed by atoms with Crippen molar-refractivity contribution in [3.05, 3.63) is 18.2 Å². The van der Waals surface area contributed by atoms with Gasteiger partial charge in [-0.1, -0.05) is 19.3 Å². The molecule has 106 valence electrons. The number of nitrogens with zero attached hydrogens (tertiary/aromatic N) is 1. The number of rotatable bonds is 2. The highest BCUT2D eigenvalue weighted by atomic mass is 32.2. The first-order valence-corrected chi connectivity index (χ1v) is 8.72. The number of sulfone groups is 1. The molecule has 2 N–H and O–H groups in total. The van der Waals surface area contributed by atoms with E-state index in [-0.39, 0.29) is 0 Å². The van der Waals surface area contributed by atoms with Gasteiger partial charge in [0.05, 0.1) is 16.3 Å². The fourth-order valence-corrected chi connectivity index (χ4v) is 3.20.